The van der Waals surface area contributed by atoms with Crippen LogP contribution in [-0.4, -0.2) is 23.5 Å². The maximum absolute atomic E-state index is 12.5. The van der Waals surface area contributed by atoms with Crippen LogP contribution in [0.15, 0.2) is 75.0 Å². The molecule has 0 saturated carbocycles. The zero-order valence-electron chi connectivity index (χ0n) is 13.9. The Bertz CT molecular complexity index is 1140. The van der Waals surface area contributed by atoms with E-state index >= 15 is 0 Å². The van der Waals surface area contributed by atoms with Gasteiger partial charge in [-0.2, -0.15) is 4.98 Å². The lowest BCUT2D eigenvalue weighted by molar-refractivity contribution is 0.386. The number of aromatic nitrogens is 3. The predicted molar refractivity (Wildman–Crippen MR) is 102 cm³/mol. The van der Waals surface area contributed by atoms with Crippen molar-refractivity contribution in [3.05, 3.63) is 77.8 Å². The molecule has 3 heterocycles. The molecule has 1 N–H and O–H groups in total. The minimum atomic E-state index is -3.63. The van der Waals surface area contributed by atoms with Gasteiger partial charge in [-0.1, -0.05) is 29.4 Å². The predicted octanol–water partition coefficient (Wildman–Crippen LogP) is 3.58. The summed E-state index contributed by atoms with van der Waals surface area (Å²) in [4.78, 5) is 8.34. The molecule has 0 unspecified atom stereocenters. The average molecular weight is 398 g/mol. The van der Waals surface area contributed by atoms with Crippen molar-refractivity contribution in [2.45, 2.75) is 10.6 Å². The molecule has 0 amide bonds. The first-order valence-electron chi connectivity index (χ1n) is 7.99. The molecule has 1 aromatic carbocycles. The molecule has 0 spiro atoms. The number of sulfonamides is 1. The Labute approximate surface area is 159 Å². The molecule has 0 saturated heterocycles. The molecular weight excluding hydrogens is 384 g/mol. The number of anilines is 1. The van der Waals surface area contributed by atoms with Crippen LogP contribution in [-0.2, 0) is 16.4 Å². The van der Waals surface area contributed by atoms with Crippen molar-refractivity contribution < 1.29 is 12.9 Å². The van der Waals surface area contributed by atoms with E-state index in [4.69, 9.17) is 4.52 Å². The molecule has 9 heteroatoms. The standard InChI is InChI=1S/C18H14N4O3S2/c23-27(24,17-6-3-11-26-17)22-15-5-2-1-4-14(15)12-16-20-18(21-25-16)13-7-9-19-10-8-13/h1-11,22H,12H2. The van der Waals surface area contributed by atoms with Gasteiger partial charge in [-0.05, 0) is 35.2 Å². The third-order valence-corrected chi connectivity index (χ3v) is 6.53. The van der Waals surface area contributed by atoms with Gasteiger partial charge in [0.2, 0.25) is 11.7 Å². The largest absolute Gasteiger partial charge is 0.339 e. The lowest BCUT2D eigenvalue weighted by atomic mass is 10.1. The summed E-state index contributed by atoms with van der Waals surface area (Å²) >= 11 is 1.16. The van der Waals surface area contributed by atoms with E-state index in [2.05, 4.69) is 19.8 Å². The van der Waals surface area contributed by atoms with E-state index in [0.29, 0.717) is 23.8 Å². The highest BCUT2D eigenvalue weighted by molar-refractivity contribution is 7.94. The second-order valence-electron chi connectivity index (χ2n) is 5.62. The molecule has 27 heavy (non-hydrogen) atoms. The molecule has 0 fully saturated rings. The summed E-state index contributed by atoms with van der Waals surface area (Å²) in [5.41, 5.74) is 2.02. The van der Waals surface area contributed by atoms with E-state index < -0.39 is 10.0 Å². The third-order valence-electron chi connectivity index (χ3n) is 3.77. The Kier molecular flexibility index (Phi) is 4.69. The summed E-state index contributed by atoms with van der Waals surface area (Å²) in [6, 6.07) is 14.0. The number of hydrogen-bond acceptors (Lipinski definition) is 7. The SMILES string of the molecule is O=S(=O)(Nc1ccccc1Cc1nc(-c2ccncc2)no1)c1cccs1. The second kappa shape index (κ2) is 7.29. The van der Waals surface area contributed by atoms with Crippen LogP contribution in [0.1, 0.15) is 11.5 Å². The van der Waals surface area contributed by atoms with Gasteiger partial charge in [-0.25, -0.2) is 8.42 Å². The summed E-state index contributed by atoms with van der Waals surface area (Å²) in [5.74, 6) is 0.855. The van der Waals surface area contributed by atoms with E-state index in [1.54, 1.807) is 54.2 Å². The Morgan fingerprint density at radius 2 is 1.85 bits per heavy atom. The molecule has 4 rings (SSSR count). The van der Waals surface area contributed by atoms with Crippen LogP contribution in [0.25, 0.3) is 11.4 Å². The second-order valence-corrected chi connectivity index (χ2v) is 8.48. The van der Waals surface area contributed by atoms with E-state index in [9.17, 15) is 8.42 Å². The normalized spacial score (nSPS) is 11.4. The molecule has 7 nitrogen and oxygen atoms in total. The van der Waals surface area contributed by atoms with Crippen LogP contribution in [0, 0.1) is 0 Å². The topological polar surface area (TPSA) is 98.0 Å². The number of thiophene rings is 1. The van der Waals surface area contributed by atoms with Crippen molar-refractivity contribution in [1.82, 2.24) is 15.1 Å². The van der Waals surface area contributed by atoms with Gasteiger partial charge in [0.25, 0.3) is 10.0 Å². The molecule has 0 bridgehead atoms. The maximum Gasteiger partial charge on any atom is 0.271 e. The number of para-hydroxylation sites is 1. The molecule has 0 radical (unpaired) electrons. The van der Waals surface area contributed by atoms with Gasteiger partial charge in [-0.3, -0.25) is 9.71 Å². The van der Waals surface area contributed by atoms with Crippen LogP contribution < -0.4 is 4.72 Å². The zero-order chi connectivity index (χ0) is 18.7. The van der Waals surface area contributed by atoms with Crippen LogP contribution in [0.5, 0.6) is 0 Å². The summed E-state index contributed by atoms with van der Waals surface area (Å²) in [6.07, 6.45) is 3.61. The van der Waals surface area contributed by atoms with Crippen LogP contribution in [0.4, 0.5) is 5.69 Å². The Morgan fingerprint density at radius 1 is 1.04 bits per heavy atom. The van der Waals surface area contributed by atoms with Crippen molar-refractivity contribution in [2.24, 2.45) is 0 Å². The van der Waals surface area contributed by atoms with Gasteiger partial charge in [-0.15, -0.1) is 11.3 Å². The minimum absolute atomic E-state index is 0.259. The molecule has 3 aromatic heterocycles. The molecule has 0 aliphatic rings. The number of nitrogens with one attached hydrogen (secondary N) is 1. The van der Waals surface area contributed by atoms with Gasteiger partial charge >= 0.3 is 0 Å². The summed E-state index contributed by atoms with van der Waals surface area (Å²) in [6.45, 7) is 0. The highest BCUT2D eigenvalue weighted by Crippen LogP contribution is 2.25. The number of benzene rings is 1. The van der Waals surface area contributed by atoms with Crippen molar-refractivity contribution in [3.63, 3.8) is 0 Å². The van der Waals surface area contributed by atoms with Crippen LogP contribution in [0.3, 0.4) is 0 Å². The Balaban J connectivity index is 1.58. The first-order chi connectivity index (χ1) is 13.1. The summed E-state index contributed by atoms with van der Waals surface area (Å²) in [5, 5.41) is 5.70. The van der Waals surface area contributed by atoms with Crippen molar-refractivity contribution in [2.75, 3.05) is 4.72 Å². The molecule has 4 aromatic rings. The van der Waals surface area contributed by atoms with Gasteiger partial charge < -0.3 is 4.52 Å². The zero-order valence-corrected chi connectivity index (χ0v) is 15.6. The molecule has 0 aliphatic carbocycles. The summed E-state index contributed by atoms with van der Waals surface area (Å²) < 4.78 is 33.2. The van der Waals surface area contributed by atoms with Crippen LogP contribution in [0.2, 0.25) is 0 Å². The first kappa shape index (κ1) is 17.4. The van der Waals surface area contributed by atoms with Crippen molar-refractivity contribution >= 4 is 27.0 Å². The fraction of sp³-hybridized carbons (Fsp3) is 0.0556. The number of nitrogens with zero attached hydrogens (tertiary/aromatic N) is 3. The average Bonchev–Trinajstić information content (AvgIpc) is 3.36. The highest BCUT2D eigenvalue weighted by atomic mass is 32.2. The maximum atomic E-state index is 12.5. The third kappa shape index (κ3) is 3.88. The van der Waals surface area contributed by atoms with Crippen LogP contribution >= 0.6 is 11.3 Å². The lowest BCUT2D eigenvalue weighted by Crippen LogP contribution is -2.13. The van der Waals surface area contributed by atoms with Gasteiger partial charge in [0.05, 0.1) is 12.1 Å². The number of hydrogen-bond donors (Lipinski definition) is 1. The Morgan fingerprint density at radius 3 is 2.63 bits per heavy atom. The van der Waals surface area contributed by atoms with Crippen molar-refractivity contribution in [1.29, 1.82) is 0 Å². The van der Waals surface area contributed by atoms with Crippen molar-refractivity contribution in [3.8, 4) is 11.4 Å². The molecule has 136 valence electrons. The Hall–Kier alpha value is -3.04. The smallest absolute Gasteiger partial charge is 0.271 e. The van der Waals surface area contributed by atoms with Gasteiger partial charge in [0.1, 0.15) is 4.21 Å². The number of rotatable bonds is 6. The highest BCUT2D eigenvalue weighted by Gasteiger charge is 2.18. The van der Waals surface area contributed by atoms with Gasteiger partial charge in [0, 0.05) is 18.0 Å². The lowest BCUT2D eigenvalue weighted by Gasteiger charge is -2.10. The van der Waals surface area contributed by atoms with E-state index in [0.717, 1.165) is 22.5 Å². The fourth-order valence-electron chi connectivity index (χ4n) is 2.49. The molecule has 0 atom stereocenters. The van der Waals surface area contributed by atoms with Gasteiger partial charge in [0.15, 0.2) is 0 Å². The molecular formula is C18H14N4O3S2. The monoisotopic (exact) mass is 398 g/mol. The van der Waals surface area contributed by atoms with E-state index in [1.165, 1.54) is 0 Å². The van der Waals surface area contributed by atoms with E-state index in [-0.39, 0.29) is 4.21 Å². The first-order valence-corrected chi connectivity index (χ1v) is 10.4. The fourth-order valence-corrected chi connectivity index (χ4v) is 4.59. The van der Waals surface area contributed by atoms with E-state index in [1.807, 2.05) is 12.1 Å². The summed E-state index contributed by atoms with van der Waals surface area (Å²) in [7, 11) is -3.63. The number of pyridine rings is 1. The minimum Gasteiger partial charge on any atom is -0.339 e. The quantitative estimate of drug-likeness (QED) is 0.533. The molecule has 0 aliphatic heterocycles.